The zero-order valence-electron chi connectivity index (χ0n) is 32.7. The summed E-state index contributed by atoms with van der Waals surface area (Å²) in [4.78, 5) is 52.8. The number of sulfonamides is 1. The summed E-state index contributed by atoms with van der Waals surface area (Å²) in [6, 6.07) is 5.17. The summed E-state index contributed by atoms with van der Waals surface area (Å²) in [5.41, 5.74) is -4.84. The molecule has 1 aliphatic heterocycles. The van der Waals surface area contributed by atoms with Crippen LogP contribution in [0.15, 0.2) is 60.6 Å². The van der Waals surface area contributed by atoms with Crippen molar-refractivity contribution >= 4 is 66.6 Å². The van der Waals surface area contributed by atoms with Crippen LogP contribution in [-0.2, 0) is 30.6 Å². The van der Waals surface area contributed by atoms with Gasteiger partial charge in [0.05, 0.1) is 36.4 Å². The molecule has 4 aromatic rings. The van der Waals surface area contributed by atoms with Gasteiger partial charge in [0.2, 0.25) is 27.7 Å². The quantitative estimate of drug-likeness (QED) is 0.0968. The minimum atomic E-state index is -4.88. The Labute approximate surface area is 351 Å². The number of carbonyl (C=O) groups excluding carboxylic acids is 3. The molecule has 320 valence electrons. The molecule has 3 fully saturated rings. The first kappa shape index (κ1) is 43.1. The van der Waals surface area contributed by atoms with E-state index in [1.807, 2.05) is 0 Å². The van der Waals surface area contributed by atoms with Crippen molar-refractivity contribution < 1.29 is 49.8 Å². The van der Waals surface area contributed by atoms with E-state index in [1.54, 1.807) is 39.0 Å². The van der Waals surface area contributed by atoms with Gasteiger partial charge in [0.25, 0.3) is 5.91 Å². The highest BCUT2D eigenvalue weighted by Gasteiger charge is 2.62. The van der Waals surface area contributed by atoms with Crippen molar-refractivity contribution in [2.24, 2.45) is 11.3 Å². The highest BCUT2D eigenvalue weighted by Crippen LogP contribution is 2.46. The van der Waals surface area contributed by atoms with Crippen molar-refractivity contribution in [3.05, 3.63) is 77.0 Å². The molecule has 2 saturated carbocycles. The molecule has 0 spiro atoms. The smallest absolute Gasteiger partial charge is 0.417 e. The Hall–Kier alpha value is -5.01. The minimum Gasteiger partial charge on any atom is -0.494 e. The van der Waals surface area contributed by atoms with E-state index in [0.29, 0.717) is 34.4 Å². The number of ether oxygens (including phenoxy) is 2. The number of halogens is 5. The number of alkyl halides is 3. The van der Waals surface area contributed by atoms with Crippen LogP contribution in [0.1, 0.15) is 52.0 Å². The third-order valence-electron chi connectivity index (χ3n) is 10.8. The van der Waals surface area contributed by atoms with E-state index < -0.39 is 91.2 Å². The number of rotatable bonds is 13. The molecule has 2 aromatic carbocycles. The first-order valence-corrected chi connectivity index (χ1v) is 21.7. The largest absolute Gasteiger partial charge is 0.494 e. The molecule has 2 aromatic heterocycles. The van der Waals surface area contributed by atoms with E-state index in [-0.39, 0.29) is 36.1 Å². The number of aromatic nitrogens is 2. The van der Waals surface area contributed by atoms with Gasteiger partial charge >= 0.3 is 6.18 Å². The van der Waals surface area contributed by atoms with Crippen molar-refractivity contribution in [3.63, 3.8) is 0 Å². The van der Waals surface area contributed by atoms with Crippen molar-refractivity contribution in [1.29, 1.82) is 0 Å². The lowest BCUT2D eigenvalue weighted by molar-refractivity contribution is -0.141. The second-order valence-electron chi connectivity index (χ2n) is 16.1. The van der Waals surface area contributed by atoms with Gasteiger partial charge in [0.1, 0.15) is 35.3 Å². The van der Waals surface area contributed by atoms with Crippen LogP contribution in [0, 0.1) is 17.2 Å². The normalized spacial score (nSPS) is 22.2. The van der Waals surface area contributed by atoms with E-state index in [4.69, 9.17) is 21.1 Å². The first-order chi connectivity index (χ1) is 28.2. The maximum absolute atomic E-state index is 14.9. The maximum atomic E-state index is 14.9. The molecule has 3 heterocycles. The molecule has 20 heteroatoms. The first-order valence-electron chi connectivity index (χ1n) is 18.8. The number of carbonyl (C=O) groups is 3. The predicted molar refractivity (Wildman–Crippen MR) is 216 cm³/mol. The lowest BCUT2D eigenvalue weighted by Crippen LogP contribution is -2.58. The number of hydrogen-bond acceptors (Lipinski definition) is 11. The van der Waals surface area contributed by atoms with E-state index in [2.05, 4.69) is 31.9 Å². The molecule has 3 amide bonds. The Morgan fingerprint density at radius 3 is 2.50 bits per heavy atom. The van der Waals surface area contributed by atoms with Crippen molar-refractivity contribution in [1.82, 2.24) is 24.9 Å². The van der Waals surface area contributed by atoms with Gasteiger partial charge in [-0.15, -0.1) is 17.9 Å². The maximum Gasteiger partial charge on any atom is 0.417 e. The Bertz CT molecular complexity index is 2490. The van der Waals surface area contributed by atoms with Gasteiger partial charge in [-0.05, 0) is 55.0 Å². The van der Waals surface area contributed by atoms with Crippen molar-refractivity contribution in [2.75, 3.05) is 19.0 Å². The van der Waals surface area contributed by atoms with E-state index >= 15 is 0 Å². The Balaban J connectivity index is 1.21. The number of methoxy groups -OCH3 is 1. The van der Waals surface area contributed by atoms with Crippen molar-refractivity contribution in [2.45, 2.75) is 81.6 Å². The molecule has 60 heavy (non-hydrogen) atoms. The SMILES string of the molecule is C=C[C@@H]1C[C@]1(NC(=O)[C@@H]1C[C@@H](Oc2ncc(OC)c3ccc(Cl)cc23)CN1C(=O)[C@@H](Nc1nc(-c2c(F)cccc2C(F)(F)F)cs1)C(C)(C)C)C(=O)NS(=O)(=O)C1CC1. The molecule has 3 N–H and O–H groups in total. The number of thiazole rings is 1. The third-order valence-corrected chi connectivity index (χ3v) is 13.7. The van der Waals surface area contributed by atoms with Crippen molar-refractivity contribution in [3.8, 4) is 22.9 Å². The van der Waals surface area contributed by atoms with Crippen LogP contribution >= 0.6 is 22.9 Å². The zero-order valence-corrected chi connectivity index (χ0v) is 35.1. The molecule has 13 nitrogen and oxygen atoms in total. The number of amides is 3. The van der Waals surface area contributed by atoms with Crippen LogP contribution < -0.4 is 24.8 Å². The monoisotopic (exact) mass is 892 g/mol. The van der Waals surface area contributed by atoms with Crippen LogP contribution in [0.3, 0.4) is 0 Å². The number of nitrogens with zero attached hydrogens (tertiary/aromatic N) is 3. The highest BCUT2D eigenvalue weighted by molar-refractivity contribution is 7.91. The fourth-order valence-electron chi connectivity index (χ4n) is 7.39. The van der Waals surface area contributed by atoms with E-state index in [9.17, 15) is 40.4 Å². The summed E-state index contributed by atoms with van der Waals surface area (Å²) < 4.78 is 96.1. The van der Waals surface area contributed by atoms with Gasteiger partial charge in [0.15, 0.2) is 5.13 Å². The van der Waals surface area contributed by atoms with Gasteiger partial charge < -0.3 is 25.0 Å². The molecule has 0 unspecified atom stereocenters. The number of pyridine rings is 1. The molecule has 0 radical (unpaired) electrons. The zero-order chi connectivity index (χ0) is 43.5. The summed E-state index contributed by atoms with van der Waals surface area (Å²) in [6.07, 6.45) is -2.07. The second-order valence-corrected chi connectivity index (χ2v) is 19.4. The molecule has 3 aliphatic rings. The standard InChI is InChI=1S/C40H41ClF4N6O7S2/c1-6-20-16-39(20,36(54)50-60(55,56)23-11-12-23)49-33(52)29-15-22(58-34-25-14-21(41)10-13-24(25)30(57-5)17-46-34)18-51(29)35(53)32(38(2,3)4)48-37-47-28(19-59-37)31-26(40(43,44)45)8-7-9-27(31)42/h6-10,13-14,17,19-20,22-23,29,32H,1,11-12,15-16,18H2,2-5H3,(H,47,48)(H,49,52)(H,50,54)/t20-,22-,29+,32-,39-/m1/s1. The van der Waals surface area contributed by atoms with Gasteiger partial charge in [-0.25, -0.2) is 22.8 Å². The summed E-state index contributed by atoms with van der Waals surface area (Å²) >= 11 is 7.20. The average Bonchev–Trinajstić information content (AvgIpc) is 4.07. The van der Waals surface area contributed by atoms with E-state index in [1.165, 1.54) is 29.7 Å². The summed E-state index contributed by atoms with van der Waals surface area (Å²) in [7, 11) is -2.50. The molecule has 1 saturated heterocycles. The topological polar surface area (TPSA) is 169 Å². The average molecular weight is 893 g/mol. The Morgan fingerprint density at radius 1 is 1.13 bits per heavy atom. The van der Waals surface area contributed by atoms with E-state index in [0.717, 1.165) is 29.5 Å². The summed E-state index contributed by atoms with van der Waals surface area (Å²) in [5, 5.41) is 7.81. The molecule has 7 rings (SSSR count). The Kier molecular flexibility index (Phi) is 11.3. The van der Waals surface area contributed by atoms with Crippen LogP contribution in [0.25, 0.3) is 22.0 Å². The number of fused-ring (bicyclic) bond motifs is 1. The van der Waals surface area contributed by atoms with Crippen LogP contribution in [0.5, 0.6) is 11.6 Å². The summed E-state index contributed by atoms with van der Waals surface area (Å²) in [5.74, 6) is -3.48. The van der Waals surface area contributed by atoms with Gasteiger partial charge in [-0.2, -0.15) is 13.2 Å². The fourth-order valence-corrected chi connectivity index (χ4v) is 9.65. The predicted octanol–water partition coefficient (Wildman–Crippen LogP) is 6.72. The number of likely N-dealkylation sites (tertiary alicyclic amines) is 1. The van der Waals surface area contributed by atoms with Crippen LogP contribution in [0.2, 0.25) is 5.02 Å². The number of anilines is 1. The Morgan fingerprint density at radius 2 is 1.87 bits per heavy atom. The number of hydrogen-bond donors (Lipinski definition) is 3. The molecular weight excluding hydrogens is 852 g/mol. The number of nitrogens with one attached hydrogen (secondary N) is 3. The lowest BCUT2D eigenvalue weighted by Gasteiger charge is -2.35. The molecular formula is C40H41ClF4N6O7S2. The van der Waals surface area contributed by atoms with Gasteiger partial charge in [0, 0.05) is 39.1 Å². The lowest BCUT2D eigenvalue weighted by atomic mass is 9.85. The minimum absolute atomic E-state index is 0.00716. The number of benzene rings is 2. The summed E-state index contributed by atoms with van der Waals surface area (Å²) in [6.45, 7) is 8.75. The highest BCUT2D eigenvalue weighted by atomic mass is 35.5. The molecule has 0 bridgehead atoms. The third kappa shape index (κ3) is 8.48. The second kappa shape index (κ2) is 15.8. The van der Waals surface area contributed by atoms with Crippen LogP contribution in [-0.4, -0.2) is 83.6 Å². The fraction of sp³-hybridized carbons (Fsp3) is 0.425. The van der Waals surface area contributed by atoms with Crippen LogP contribution in [0.4, 0.5) is 22.7 Å². The molecule has 5 atom stereocenters. The molecule has 2 aliphatic carbocycles. The van der Waals surface area contributed by atoms with Gasteiger partial charge in [-0.1, -0.05) is 44.5 Å². The van der Waals surface area contributed by atoms with Gasteiger partial charge in [-0.3, -0.25) is 19.1 Å².